The lowest BCUT2D eigenvalue weighted by Gasteiger charge is -2.34. The van der Waals surface area contributed by atoms with Crippen molar-refractivity contribution in [2.45, 2.75) is 33.7 Å². The van der Waals surface area contributed by atoms with Crippen molar-refractivity contribution < 1.29 is 19.2 Å². The first-order valence-corrected chi connectivity index (χ1v) is 6.26. The molecular formula is C12H19N3O4. The highest BCUT2D eigenvalue weighted by Crippen LogP contribution is 2.20. The van der Waals surface area contributed by atoms with Crippen LogP contribution < -0.4 is 10.6 Å². The number of nitrogens with one attached hydrogen (secondary N) is 2. The van der Waals surface area contributed by atoms with E-state index in [1.165, 1.54) is 6.92 Å². The van der Waals surface area contributed by atoms with Crippen LogP contribution in [-0.2, 0) is 14.4 Å². The summed E-state index contributed by atoms with van der Waals surface area (Å²) in [6.45, 7) is 7.03. The lowest BCUT2D eigenvalue weighted by Crippen LogP contribution is -2.63. The molecule has 1 fully saturated rings. The van der Waals surface area contributed by atoms with Crippen LogP contribution in [0.5, 0.6) is 0 Å². The molecule has 5 amide bonds. The van der Waals surface area contributed by atoms with E-state index >= 15 is 0 Å². The van der Waals surface area contributed by atoms with E-state index < -0.39 is 35.7 Å². The van der Waals surface area contributed by atoms with E-state index in [0.29, 0.717) is 6.54 Å². The molecule has 7 heteroatoms. The zero-order valence-corrected chi connectivity index (χ0v) is 11.5. The lowest BCUT2D eigenvalue weighted by atomic mass is 9.91. The molecule has 19 heavy (non-hydrogen) atoms. The van der Waals surface area contributed by atoms with Gasteiger partial charge in [0.2, 0.25) is 17.7 Å². The first-order chi connectivity index (χ1) is 8.81. The molecule has 1 rings (SSSR count). The Hall–Kier alpha value is -1.92. The Morgan fingerprint density at radius 3 is 2.37 bits per heavy atom. The van der Waals surface area contributed by atoms with Crippen LogP contribution in [0.3, 0.4) is 0 Å². The van der Waals surface area contributed by atoms with Gasteiger partial charge in [-0.25, -0.2) is 4.79 Å². The number of urea groups is 1. The number of amides is 5. The zero-order chi connectivity index (χ0) is 14.7. The summed E-state index contributed by atoms with van der Waals surface area (Å²) in [5.41, 5.74) is 0. The summed E-state index contributed by atoms with van der Waals surface area (Å²) in [6.07, 6.45) is 0. The first-order valence-electron chi connectivity index (χ1n) is 6.26. The molecular weight excluding hydrogens is 250 g/mol. The highest BCUT2D eigenvalue weighted by atomic mass is 16.2. The molecule has 0 aromatic carbocycles. The normalized spacial score (nSPS) is 21.4. The number of rotatable bonds is 4. The van der Waals surface area contributed by atoms with Gasteiger partial charge < -0.3 is 5.32 Å². The number of likely N-dealkylation sites (N-methyl/N-ethyl adjacent to an activating group) is 1. The van der Waals surface area contributed by atoms with Crippen LogP contribution >= 0.6 is 0 Å². The average molecular weight is 269 g/mol. The fourth-order valence-electron chi connectivity index (χ4n) is 2.00. The van der Waals surface area contributed by atoms with Crippen molar-refractivity contribution in [1.29, 1.82) is 0 Å². The summed E-state index contributed by atoms with van der Waals surface area (Å²) in [7, 11) is 0. The highest BCUT2D eigenvalue weighted by Gasteiger charge is 2.45. The number of hydrogen-bond acceptors (Lipinski definition) is 4. The van der Waals surface area contributed by atoms with Crippen LogP contribution in [0.2, 0.25) is 0 Å². The molecule has 106 valence electrons. The number of carbonyl (C=O) groups is 4. The van der Waals surface area contributed by atoms with Gasteiger partial charge in [0.1, 0.15) is 12.0 Å². The average Bonchev–Trinajstić information content (AvgIpc) is 2.27. The second kappa shape index (κ2) is 5.81. The van der Waals surface area contributed by atoms with E-state index in [4.69, 9.17) is 0 Å². The number of hydrogen-bond donors (Lipinski definition) is 2. The van der Waals surface area contributed by atoms with E-state index in [1.807, 2.05) is 0 Å². The third kappa shape index (κ3) is 2.91. The van der Waals surface area contributed by atoms with Crippen molar-refractivity contribution in [3.63, 3.8) is 0 Å². The molecule has 0 bridgehead atoms. The minimum atomic E-state index is -0.943. The molecule has 0 aromatic rings. The molecule has 0 saturated carbocycles. The molecule has 2 atom stereocenters. The van der Waals surface area contributed by atoms with Gasteiger partial charge in [0, 0.05) is 6.54 Å². The van der Waals surface area contributed by atoms with Gasteiger partial charge >= 0.3 is 6.03 Å². The Morgan fingerprint density at radius 1 is 1.32 bits per heavy atom. The Bertz CT molecular complexity index is 419. The van der Waals surface area contributed by atoms with Crippen molar-refractivity contribution >= 4 is 23.8 Å². The van der Waals surface area contributed by atoms with E-state index in [9.17, 15) is 19.2 Å². The summed E-state index contributed by atoms with van der Waals surface area (Å²) in [6, 6.07) is -1.78. The fraction of sp³-hybridized carbons (Fsp3) is 0.667. The van der Waals surface area contributed by atoms with Gasteiger partial charge in [-0.15, -0.1) is 0 Å². The van der Waals surface area contributed by atoms with Crippen LogP contribution in [0.4, 0.5) is 4.79 Å². The SMILES string of the molecule is CCNC(=O)C(C)N1C(=O)NC(=O)C(C(C)C)C1=O. The minimum absolute atomic E-state index is 0.246. The molecule has 1 aliphatic rings. The lowest BCUT2D eigenvalue weighted by molar-refractivity contribution is -0.148. The Labute approximate surface area is 111 Å². The smallest absolute Gasteiger partial charge is 0.331 e. The van der Waals surface area contributed by atoms with E-state index in [0.717, 1.165) is 4.90 Å². The molecule has 1 saturated heterocycles. The number of imide groups is 2. The molecule has 0 aliphatic carbocycles. The van der Waals surface area contributed by atoms with Gasteiger partial charge in [-0.3, -0.25) is 24.6 Å². The van der Waals surface area contributed by atoms with Crippen LogP contribution in [0.1, 0.15) is 27.7 Å². The van der Waals surface area contributed by atoms with E-state index in [2.05, 4.69) is 10.6 Å². The third-order valence-corrected chi connectivity index (χ3v) is 3.02. The van der Waals surface area contributed by atoms with Crippen molar-refractivity contribution in [3.8, 4) is 0 Å². The predicted molar refractivity (Wildman–Crippen MR) is 66.9 cm³/mol. The number of nitrogens with zero attached hydrogens (tertiary/aromatic N) is 1. The standard InChI is InChI=1S/C12H19N3O4/c1-5-13-9(16)7(4)15-11(18)8(6(2)3)10(17)14-12(15)19/h6-8H,5H2,1-4H3,(H,13,16)(H,14,17,19). The topological polar surface area (TPSA) is 95.6 Å². The second-order valence-electron chi connectivity index (χ2n) is 4.79. The molecule has 2 N–H and O–H groups in total. The summed E-state index contributed by atoms with van der Waals surface area (Å²) in [4.78, 5) is 48.1. The summed E-state index contributed by atoms with van der Waals surface area (Å²) in [5.74, 6) is -2.84. The maximum atomic E-state index is 12.2. The van der Waals surface area contributed by atoms with Crippen LogP contribution in [0, 0.1) is 11.8 Å². The van der Waals surface area contributed by atoms with Gasteiger partial charge in [0.25, 0.3) is 0 Å². The molecule has 2 unspecified atom stereocenters. The minimum Gasteiger partial charge on any atom is -0.355 e. The van der Waals surface area contributed by atoms with Crippen LogP contribution in [-0.4, -0.2) is 41.2 Å². The van der Waals surface area contributed by atoms with Crippen molar-refractivity contribution in [2.24, 2.45) is 11.8 Å². The van der Waals surface area contributed by atoms with Crippen LogP contribution in [0.25, 0.3) is 0 Å². The number of barbiturate groups is 1. The largest absolute Gasteiger partial charge is 0.355 e. The molecule has 7 nitrogen and oxygen atoms in total. The molecule has 0 radical (unpaired) electrons. The summed E-state index contributed by atoms with van der Waals surface area (Å²) in [5, 5.41) is 4.66. The Morgan fingerprint density at radius 2 is 1.89 bits per heavy atom. The van der Waals surface area contributed by atoms with Crippen molar-refractivity contribution in [3.05, 3.63) is 0 Å². The molecule has 1 heterocycles. The van der Waals surface area contributed by atoms with Crippen molar-refractivity contribution in [1.82, 2.24) is 15.5 Å². The van der Waals surface area contributed by atoms with E-state index in [1.54, 1.807) is 20.8 Å². The van der Waals surface area contributed by atoms with Gasteiger partial charge in [-0.1, -0.05) is 13.8 Å². The molecule has 1 aliphatic heterocycles. The first kappa shape index (κ1) is 15.1. The predicted octanol–water partition coefficient (Wildman–Crippen LogP) is -0.138. The molecule has 0 aromatic heterocycles. The summed E-state index contributed by atoms with van der Waals surface area (Å²) >= 11 is 0. The van der Waals surface area contributed by atoms with Gasteiger partial charge in [0.05, 0.1) is 0 Å². The third-order valence-electron chi connectivity index (χ3n) is 3.02. The Kier molecular flexibility index (Phi) is 4.63. The van der Waals surface area contributed by atoms with Gasteiger partial charge in [0.15, 0.2) is 0 Å². The fourth-order valence-corrected chi connectivity index (χ4v) is 2.00. The van der Waals surface area contributed by atoms with E-state index in [-0.39, 0.29) is 5.92 Å². The van der Waals surface area contributed by atoms with Gasteiger partial charge in [-0.05, 0) is 19.8 Å². The van der Waals surface area contributed by atoms with Crippen LogP contribution in [0.15, 0.2) is 0 Å². The highest BCUT2D eigenvalue weighted by molar-refractivity contribution is 6.17. The number of carbonyl (C=O) groups excluding carboxylic acids is 4. The van der Waals surface area contributed by atoms with Gasteiger partial charge in [-0.2, -0.15) is 0 Å². The second-order valence-corrected chi connectivity index (χ2v) is 4.79. The maximum absolute atomic E-state index is 12.2. The molecule has 0 spiro atoms. The zero-order valence-electron chi connectivity index (χ0n) is 11.5. The Balaban J connectivity index is 2.99. The summed E-state index contributed by atoms with van der Waals surface area (Å²) < 4.78 is 0. The monoisotopic (exact) mass is 269 g/mol. The maximum Gasteiger partial charge on any atom is 0.331 e. The van der Waals surface area contributed by atoms with Crippen molar-refractivity contribution in [2.75, 3.05) is 6.54 Å². The quantitative estimate of drug-likeness (QED) is 0.694.